The van der Waals surface area contributed by atoms with E-state index in [1.54, 1.807) is 6.07 Å². The highest BCUT2D eigenvalue weighted by molar-refractivity contribution is 7.99. The number of rotatable bonds is 4. The third kappa shape index (κ3) is 3.13. The molecule has 8 nitrogen and oxygen atoms in total. The van der Waals surface area contributed by atoms with E-state index in [2.05, 4.69) is 51.7 Å². The summed E-state index contributed by atoms with van der Waals surface area (Å²) in [5.74, 6) is 6.81. The third-order valence-corrected chi connectivity index (χ3v) is 3.94. The van der Waals surface area contributed by atoms with Gasteiger partial charge in [-0.05, 0) is 35.0 Å². The Balaban J connectivity index is 1.92. The molecule has 21 heavy (non-hydrogen) atoms. The minimum absolute atomic E-state index is 0.162. The fourth-order valence-corrected chi connectivity index (χ4v) is 2.63. The highest BCUT2D eigenvalue weighted by Gasteiger charge is 2.28. The quantitative estimate of drug-likeness (QED) is 0.497. The number of hydrazine groups is 1. The van der Waals surface area contributed by atoms with Crippen LogP contribution in [0.5, 0.6) is 0 Å². The van der Waals surface area contributed by atoms with Crippen LogP contribution >= 0.6 is 11.8 Å². The van der Waals surface area contributed by atoms with Gasteiger partial charge in [-0.25, -0.2) is 20.5 Å². The molecule has 2 heterocycles. The van der Waals surface area contributed by atoms with Crippen molar-refractivity contribution in [1.29, 1.82) is 0 Å². The van der Waals surface area contributed by atoms with Crippen molar-refractivity contribution in [2.75, 3.05) is 5.43 Å². The molecule has 112 valence electrons. The summed E-state index contributed by atoms with van der Waals surface area (Å²) in [5.41, 5.74) is 2.42. The molecule has 0 amide bonds. The number of nitrogens with two attached hydrogens (primary N) is 1. The molecule has 0 aliphatic heterocycles. The van der Waals surface area contributed by atoms with Crippen LogP contribution in [0.3, 0.4) is 0 Å². The molecule has 0 radical (unpaired) electrons. The van der Waals surface area contributed by atoms with Crippen LogP contribution in [0.15, 0.2) is 16.2 Å². The van der Waals surface area contributed by atoms with Crippen LogP contribution in [0.4, 0.5) is 5.82 Å². The van der Waals surface area contributed by atoms with Gasteiger partial charge in [0.15, 0.2) is 0 Å². The zero-order valence-electron chi connectivity index (χ0n) is 12.2. The van der Waals surface area contributed by atoms with Crippen molar-refractivity contribution >= 4 is 17.6 Å². The lowest BCUT2D eigenvalue weighted by molar-refractivity contribution is 0.538. The molecule has 3 N–H and O–H groups in total. The monoisotopic (exact) mass is 306 g/mol. The van der Waals surface area contributed by atoms with E-state index in [0.29, 0.717) is 11.9 Å². The number of tetrazole rings is 1. The molecule has 1 aliphatic rings. The number of hydrogen-bond acceptors (Lipinski definition) is 8. The number of nitrogens with one attached hydrogen (secondary N) is 1. The van der Waals surface area contributed by atoms with E-state index >= 15 is 0 Å². The first-order valence-electron chi connectivity index (χ1n) is 6.79. The fraction of sp³-hybridized carbons (Fsp3) is 0.583. The smallest absolute Gasteiger partial charge is 0.215 e. The van der Waals surface area contributed by atoms with E-state index in [1.807, 2.05) is 4.68 Å². The maximum Gasteiger partial charge on any atom is 0.215 e. The van der Waals surface area contributed by atoms with E-state index < -0.39 is 0 Å². The van der Waals surface area contributed by atoms with Crippen LogP contribution in [-0.4, -0.2) is 30.2 Å². The summed E-state index contributed by atoms with van der Waals surface area (Å²) in [5, 5.41) is 13.4. The minimum atomic E-state index is -0.162. The van der Waals surface area contributed by atoms with Crippen molar-refractivity contribution in [2.24, 2.45) is 5.84 Å². The maximum absolute atomic E-state index is 5.50. The molecule has 1 aliphatic carbocycles. The molecule has 1 saturated carbocycles. The van der Waals surface area contributed by atoms with Crippen molar-refractivity contribution in [1.82, 2.24) is 30.2 Å². The van der Waals surface area contributed by atoms with Crippen molar-refractivity contribution in [3.05, 3.63) is 11.9 Å². The molecule has 9 heteroatoms. The largest absolute Gasteiger partial charge is 0.308 e. The lowest BCUT2D eigenvalue weighted by Gasteiger charge is -2.18. The van der Waals surface area contributed by atoms with Crippen molar-refractivity contribution in [2.45, 2.75) is 55.3 Å². The Morgan fingerprint density at radius 3 is 2.71 bits per heavy atom. The normalized spacial score (nSPS) is 15.2. The maximum atomic E-state index is 5.50. The van der Waals surface area contributed by atoms with Crippen molar-refractivity contribution in [3.63, 3.8) is 0 Å². The minimum Gasteiger partial charge on any atom is -0.308 e. The van der Waals surface area contributed by atoms with Crippen LogP contribution in [-0.2, 0) is 5.41 Å². The van der Waals surface area contributed by atoms with E-state index in [0.717, 1.165) is 28.8 Å². The summed E-state index contributed by atoms with van der Waals surface area (Å²) in [4.78, 5) is 9.00. The van der Waals surface area contributed by atoms with E-state index in [9.17, 15) is 0 Å². The SMILES string of the molecule is CC(C)(C)c1nc(NN)cc(Sc2nnnn2C2CC2)n1. The van der Waals surface area contributed by atoms with Gasteiger partial charge in [0.25, 0.3) is 0 Å². The highest BCUT2D eigenvalue weighted by Crippen LogP contribution is 2.38. The summed E-state index contributed by atoms with van der Waals surface area (Å²) < 4.78 is 1.86. The third-order valence-electron chi connectivity index (χ3n) is 3.07. The van der Waals surface area contributed by atoms with Gasteiger partial charge < -0.3 is 5.43 Å². The second-order valence-corrected chi connectivity index (χ2v) is 7.04. The number of hydrogen-bond donors (Lipinski definition) is 2. The molecule has 0 spiro atoms. The summed E-state index contributed by atoms with van der Waals surface area (Å²) >= 11 is 1.43. The highest BCUT2D eigenvalue weighted by atomic mass is 32.2. The fourth-order valence-electron chi connectivity index (χ4n) is 1.78. The molecule has 1 fully saturated rings. The van der Waals surface area contributed by atoms with Gasteiger partial charge in [0.2, 0.25) is 5.16 Å². The molecule has 2 aromatic heterocycles. The van der Waals surface area contributed by atoms with Crippen molar-refractivity contribution in [3.8, 4) is 0 Å². The Hall–Kier alpha value is -1.74. The van der Waals surface area contributed by atoms with Crippen LogP contribution in [0.2, 0.25) is 0 Å². The van der Waals surface area contributed by atoms with Gasteiger partial charge in [-0.3, -0.25) is 0 Å². The van der Waals surface area contributed by atoms with Gasteiger partial charge in [0.1, 0.15) is 16.7 Å². The summed E-state index contributed by atoms with van der Waals surface area (Å²) in [6.07, 6.45) is 2.26. The van der Waals surface area contributed by atoms with Crippen LogP contribution < -0.4 is 11.3 Å². The van der Waals surface area contributed by atoms with Crippen LogP contribution in [0.1, 0.15) is 45.5 Å². The summed E-state index contributed by atoms with van der Waals surface area (Å²) in [6.45, 7) is 6.18. The van der Waals surface area contributed by atoms with Gasteiger partial charge in [0, 0.05) is 11.5 Å². The Labute approximate surface area is 126 Å². The summed E-state index contributed by atoms with van der Waals surface area (Å²) in [6, 6.07) is 2.23. The molecular weight excluding hydrogens is 288 g/mol. The predicted molar refractivity (Wildman–Crippen MR) is 78.8 cm³/mol. The van der Waals surface area contributed by atoms with Gasteiger partial charge in [-0.2, -0.15) is 0 Å². The van der Waals surface area contributed by atoms with E-state index in [4.69, 9.17) is 5.84 Å². The Morgan fingerprint density at radius 2 is 2.10 bits per heavy atom. The van der Waals surface area contributed by atoms with E-state index in [1.165, 1.54) is 11.8 Å². The molecule has 0 bridgehead atoms. The molecule has 2 aromatic rings. The zero-order chi connectivity index (χ0) is 15.0. The van der Waals surface area contributed by atoms with Gasteiger partial charge in [-0.15, -0.1) is 5.10 Å². The average Bonchev–Trinajstić information content (AvgIpc) is 3.18. The number of nitrogens with zero attached hydrogens (tertiary/aromatic N) is 6. The van der Waals surface area contributed by atoms with Gasteiger partial charge in [-0.1, -0.05) is 20.8 Å². The second kappa shape index (κ2) is 5.23. The first-order valence-corrected chi connectivity index (χ1v) is 7.61. The van der Waals surface area contributed by atoms with Crippen LogP contribution in [0, 0.1) is 0 Å². The first kappa shape index (κ1) is 14.2. The lowest BCUT2D eigenvalue weighted by Crippen LogP contribution is -2.19. The molecule has 0 saturated heterocycles. The Kier molecular flexibility index (Phi) is 3.54. The molecule has 0 atom stereocenters. The second-order valence-electron chi connectivity index (χ2n) is 6.05. The Morgan fingerprint density at radius 1 is 1.33 bits per heavy atom. The van der Waals surface area contributed by atoms with Gasteiger partial charge >= 0.3 is 0 Å². The molecule has 0 aromatic carbocycles. The molecule has 3 rings (SSSR count). The number of aromatic nitrogens is 6. The van der Waals surface area contributed by atoms with Crippen LogP contribution in [0.25, 0.3) is 0 Å². The number of anilines is 1. The predicted octanol–water partition coefficient (Wildman–Crippen LogP) is 1.53. The topological polar surface area (TPSA) is 107 Å². The zero-order valence-corrected chi connectivity index (χ0v) is 13.1. The average molecular weight is 306 g/mol. The van der Waals surface area contributed by atoms with E-state index in [-0.39, 0.29) is 5.41 Å². The summed E-state index contributed by atoms with van der Waals surface area (Å²) in [7, 11) is 0. The standard InChI is InChI=1S/C12H18N8S/c1-12(2,3)10-14-8(16-13)6-9(15-10)21-11-17-18-19-20(11)7-4-5-7/h6-7H,4-5,13H2,1-3H3,(H,14,15,16). The molecule has 0 unspecified atom stereocenters. The lowest BCUT2D eigenvalue weighted by atomic mass is 9.96. The molecular formula is C12H18N8S. The van der Waals surface area contributed by atoms with Gasteiger partial charge in [0.05, 0.1) is 6.04 Å². The first-order chi connectivity index (χ1) is 9.97. The van der Waals surface area contributed by atoms with Crippen molar-refractivity contribution < 1.29 is 0 Å². The Bertz CT molecular complexity index is 643. The number of nitrogen functional groups attached to an aromatic ring is 1.